The Labute approximate surface area is 133 Å². The Hall–Kier alpha value is -1.09. The van der Waals surface area contributed by atoms with E-state index in [1.54, 1.807) is 0 Å². The van der Waals surface area contributed by atoms with Gasteiger partial charge in [-0.2, -0.15) is 0 Å². The first-order valence-electron chi connectivity index (χ1n) is 7.70. The third-order valence-corrected chi connectivity index (χ3v) is 4.47. The number of nitrogens with one attached hydrogen (secondary N) is 1. The lowest BCUT2D eigenvalue weighted by Crippen LogP contribution is -2.36. The van der Waals surface area contributed by atoms with E-state index < -0.39 is 0 Å². The van der Waals surface area contributed by atoms with Gasteiger partial charge in [-0.15, -0.1) is 12.4 Å². The van der Waals surface area contributed by atoms with Gasteiger partial charge >= 0.3 is 0 Å². The number of piperidine rings is 1. The minimum atomic E-state index is 0. The molecule has 0 aliphatic carbocycles. The van der Waals surface area contributed by atoms with Crippen molar-refractivity contribution in [2.45, 2.75) is 19.4 Å². The molecule has 1 fully saturated rings. The molecule has 0 spiro atoms. The molecule has 0 bridgehead atoms. The van der Waals surface area contributed by atoms with Gasteiger partial charge in [0.15, 0.2) is 0 Å². The average Bonchev–Trinajstić information content (AvgIpc) is 2.50. The van der Waals surface area contributed by atoms with Crippen molar-refractivity contribution >= 4 is 23.2 Å². The van der Waals surface area contributed by atoms with Gasteiger partial charge in [-0.3, -0.25) is 4.90 Å². The summed E-state index contributed by atoms with van der Waals surface area (Å²) in [4.78, 5) is 2.61. The summed E-state index contributed by atoms with van der Waals surface area (Å²) in [6.07, 6.45) is 2.65. The van der Waals surface area contributed by atoms with Crippen molar-refractivity contribution < 1.29 is 0 Å². The van der Waals surface area contributed by atoms with Gasteiger partial charge in [-0.1, -0.05) is 42.5 Å². The highest BCUT2D eigenvalue weighted by Crippen LogP contribution is 2.23. The fraction of sp³-hybridized carbons (Fsp3) is 0.444. The fourth-order valence-electron chi connectivity index (χ4n) is 3.31. The van der Waals surface area contributed by atoms with Crippen molar-refractivity contribution in [3.8, 4) is 0 Å². The van der Waals surface area contributed by atoms with Crippen LogP contribution in [-0.4, -0.2) is 31.6 Å². The maximum atomic E-state index is 3.31. The molecule has 0 unspecified atom stereocenters. The standard InChI is InChI=1S/C18H24N2.ClH/c1-19-13-15-9-11-20(12-10-15)14-17-7-4-6-16-5-2-3-8-18(16)17;/h2-8,15,19H,9-14H2,1H3;1H. The summed E-state index contributed by atoms with van der Waals surface area (Å²) in [5.41, 5.74) is 1.47. The van der Waals surface area contributed by atoms with E-state index in [1.165, 1.54) is 48.8 Å². The van der Waals surface area contributed by atoms with Crippen molar-refractivity contribution in [1.29, 1.82) is 0 Å². The summed E-state index contributed by atoms with van der Waals surface area (Å²) < 4.78 is 0. The number of benzene rings is 2. The third kappa shape index (κ3) is 3.97. The first-order chi connectivity index (χ1) is 9.86. The van der Waals surface area contributed by atoms with E-state index in [0.717, 1.165) is 12.5 Å². The molecule has 2 nitrogen and oxygen atoms in total. The zero-order valence-electron chi connectivity index (χ0n) is 12.7. The van der Waals surface area contributed by atoms with Crippen LogP contribution in [0.5, 0.6) is 0 Å². The second-order valence-electron chi connectivity index (χ2n) is 5.92. The SMILES string of the molecule is CNCC1CCN(Cc2cccc3ccccc23)CC1.Cl. The molecule has 0 amide bonds. The smallest absolute Gasteiger partial charge is 0.0239 e. The maximum Gasteiger partial charge on any atom is 0.0239 e. The van der Waals surface area contributed by atoms with Crippen LogP contribution in [-0.2, 0) is 6.54 Å². The van der Waals surface area contributed by atoms with Crippen LogP contribution in [0, 0.1) is 5.92 Å². The summed E-state index contributed by atoms with van der Waals surface area (Å²) in [5, 5.41) is 6.07. The van der Waals surface area contributed by atoms with Crippen LogP contribution in [0.1, 0.15) is 18.4 Å². The minimum absolute atomic E-state index is 0. The van der Waals surface area contributed by atoms with Crippen molar-refractivity contribution in [2.24, 2.45) is 5.92 Å². The average molecular weight is 305 g/mol. The van der Waals surface area contributed by atoms with Crippen LogP contribution >= 0.6 is 12.4 Å². The molecule has 0 atom stereocenters. The lowest BCUT2D eigenvalue weighted by Gasteiger charge is -2.32. The van der Waals surface area contributed by atoms with Gasteiger partial charge in [0, 0.05) is 6.54 Å². The van der Waals surface area contributed by atoms with Gasteiger partial charge in [-0.05, 0) is 61.8 Å². The zero-order chi connectivity index (χ0) is 13.8. The molecular weight excluding hydrogens is 280 g/mol. The molecule has 0 radical (unpaired) electrons. The van der Waals surface area contributed by atoms with Crippen LogP contribution in [0.4, 0.5) is 0 Å². The van der Waals surface area contributed by atoms with Crippen molar-refractivity contribution in [3.63, 3.8) is 0 Å². The Morgan fingerprint density at radius 2 is 1.76 bits per heavy atom. The Kier molecular flexibility index (Phi) is 6.04. The molecule has 2 aromatic rings. The van der Waals surface area contributed by atoms with Crippen molar-refractivity contribution in [3.05, 3.63) is 48.0 Å². The Morgan fingerprint density at radius 3 is 2.52 bits per heavy atom. The Morgan fingerprint density at radius 1 is 1.05 bits per heavy atom. The molecule has 1 N–H and O–H groups in total. The highest BCUT2D eigenvalue weighted by Gasteiger charge is 2.18. The molecule has 1 heterocycles. The van der Waals surface area contributed by atoms with Gasteiger partial charge in [0.1, 0.15) is 0 Å². The van der Waals surface area contributed by atoms with E-state index in [9.17, 15) is 0 Å². The van der Waals surface area contributed by atoms with Crippen molar-refractivity contribution in [1.82, 2.24) is 10.2 Å². The van der Waals surface area contributed by atoms with Gasteiger partial charge in [0.25, 0.3) is 0 Å². The quantitative estimate of drug-likeness (QED) is 0.926. The molecule has 0 saturated carbocycles. The number of rotatable bonds is 4. The number of hydrogen-bond acceptors (Lipinski definition) is 2. The first-order valence-corrected chi connectivity index (χ1v) is 7.70. The third-order valence-electron chi connectivity index (χ3n) is 4.47. The minimum Gasteiger partial charge on any atom is -0.319 e. The van der Waals surface area contributed by atoms with Gasteiger partial charge in [0.2, 0.25) is 0 Å². The molecule has 3 rings (SSSR count). The molecule has 3 heteroatoms. The molecule has 1 saturated heterocycles. The predicted molar refractivity (Wildman–Crippen MR) is 93.1 cm³/mol. The summed E-state index contributed by atoms with van der Waals surface area (Å²) in [6.45, 7) is 4.72. The molecule has 21 heavy (non-hydrogen) atoms. The maximum absolute atomic E-state index is 3.31. The van der Waals surface area contributed by atoms with Crippen molar-refractivity contribution in [2.75, 3.05) is 26.7 Å². The topological polar surface area (TPSA) is 15.3 Å². The molecular formula is C18H25ClN2. The number of fused-ring (bicyclic) bond motifs is 1. The molecule has 2 aromatic carbocycles. The van der Waals surface area contributed by atoms with E-state index in [1.807, 2.05) is 0 Å². The highest BCUT2D eigenvalue weighted by molar-refractivity contribution is 5.85. The molecule has 1 aliphatic rings. The number of nitrogens with zero attached hydrogens (tertiary/aromatic N) is 1. The summed E-state index contributed by atoms with van der Waals surface area (Å²) >= 11 is 0. The number of halogens is 1. The lowest BCUT2D eigenvalue weighted by molar-refractivity contribution is 0.177. The number of likely N-dealkylation sites (tertiary alicyclic amines) is 1. The van der Waals surface area contributed by atoms with Crippen LogP contribution in [0.25, 0.3) is 10.8 Å². The Bertz CT molecular complexity index is 557. The van der Waals surface area contributed by atoms with E-state index in [2.05, 4.69) is 59.7 Å². The number of hydrogen-bond donors (Lipinski definition) is 1. The molecule has 114 valence electrons. The Balaban J connectivity index is 0.00000161. The first kappa shape index (κ1) is 16.3. The van der Waals surface area contributed by atoms with Crippen LogP contribution in [0.2, 0.25) is 0 Å². The summed E-state index contributed by atoms with van der Waals surface area (Å²) in [5.74, 6) is 0.865. The van der Waals surface area contributed by atoms with Crippen LogP contribution in [0.3, 0.4) is 0 Å². The van der Waals surface area contributed by atoms with Gasteiger partial charge in [0.05, 0.1) is 0 Å². The van der Waals surface area contributed by atoms with E-state index in [-0.39, 0.29) is 12.4 Å². The summed E-state index contributed by atoms with van der Waals surface area (Å²) in [7, 11) is 2.06. The summed E-state index contributed by atoms with van der Waals surface area (Å²) in [6, 6.07) is 15.4. The van der Waals surface area contributed by atoms with E-state index in [4.69, 9.17) is 0 Å². The predicted octanol–water partition coefficient (Wildman–Crippen LogP) is 3.69. The van der Waals surface area contributed by atoms with E-state index in [0.29, 0.717) is 0 Å². The van der Waals surface area contributed by atoms with Gasteiger partial charge < -0.3 is 5.32 Å². The van der Waals surface area contributed by atoms with Crippen LogP contribution < -0.4 is 5.32 Å². The second kappa shape index (κ2) is 7.79. The largest absolute Gasteiger partial charge is 0.319 e. The van der Waals surface area contributed by atoms with Gasteiger partial charge in [-0.25, -0.2) is 0 Å². The fourth-order valence-corrected chi connectivity index (χ4v) is 3.31. The van der Waals surface area contributed by atoms with E-state index >= 15 is 0 Å². The normalized spacial score (nSPS) is 16.8. The zero-order valence-corrected chi connectivity index (χ0v) is 13.5. The second-order valence-corrected chi connectivity index (χ2v) is 5.92. The van der Waals surface area contributed by atoms with Crippen LogP contribution in [0.15, 0.2) is 42.5 Å². The molecule has 1 aliphatic heterocycles. The highest BCUT2D eigenvalue weighted by atomic mass is 35.5. The lowest BCUT2D eigenvalue weighted by atomic mass is 9.96. The molecule has 0 aromatic heterocycles. The monoisotopic (exact) mass is 304 g/mol.